The standard InChI is InChI=1S/C10H19N3O/c1-8-9(2-3-12-8)10(14)13-6-4-11-5-7-13/h8-9,11-12H,2-7H2,1H3. The summed E-state index contributed by atoms with van der Waals surface area (Å²) in [6.07, 6.45) is 1.00. The molecule has 0 saturated carbocycles. The molecule has 2 heterocycles. The lowest BCUT2D eigenvalue weighted by atomic mass is 10.00. The number of nitrogens with one attached hydrogen (secondary N) is 2. The number of hydrogen-bond acceptors (Lipinski definition) is 3. The topological polar surface area (TPSA) is 44.4 Å². The van der Waals surface area contributed by atoms with Crippen LogP contribution in [0.1, 0.15) is 13.3 Å². The number of nitrogens with zero attached hydrogens (tertiary/aromatic N) is 1. The molecule has 0 bridgehead atoms. The van der Waals surface area contributed by atoms with E-state index in [1.165, 1.54) is 0 Å². The Labute approximate surface area is 85.0 Å². The second-order valence-corrected chi connectivity index (χ2v) is 4.21. The molecule has 0 aromatic heterocycles. The van der Waals surface area contributed by atoms with Crippen LogP contribution in [0, 0.1) is 5.92 Å². The Balaban J connectivity index is 1.92. The maximum absolute atomic E-state index is 12.1. The van der Waals surface area contributed by atoms with E-state index in [9.17, 15) is 4.79 Å². The van der Waals surface area contributed by atoms with Crippen LogP contribution in [0.3, 0.4) is 0 Å². The molecule has 2 aliphatic heterocycles. The zero-order valence-electron chi connectivity index (χ0n) is 8.75. The minimum atomic E-state index is 0.216. The van der Waals surface area contributed by atoms with Gasteiger partial charge in [0, 0.05) is 32.2 Å². The molecule has 2 rings (SSSR count). The first-order chi connectivity index (χ1) is 6.79. The Bertz CT molecular complexity index is 213. The summed E-state index contributed by atoms with van der Waals surface area (Å²) in [7, 11) is 0. The van der Waals surface area contributed by atoms with Crippen LogP contribution >= 0.6 is 0 Å². The van der Waals surface area contributed by atoms with Gasteiger partial charge in [-0.1, -0.05) is 0 Å². The SMILES string of the molecule is CC1NCCC1C(=O)N1CCNCC1. The quantitative estimate of drug-likeness (QED) is 0.591. The summed E-state index contributed by atoms with van der Waals surface area (Å²) in [6, 6.07) is 0.359. The van der Waals surface area contributed by atoms with Crippen LogP contribution in [0.4, 0.5) is 0 Å². The van der Waals surface area contributed by atoms with Gasteiger partial charge in [0.2, 0.25) is 5.91 Å². The molecular formula is C10H19N3O. The molecule has 80 valence electrons. The number of amides is 1. The van der Waals surface area contributed by atoms with Crippen LogP contribution in [0.2, 0.25) is 0 Å². The largest absolute Gasteiger partial charge is 0.340 e. The fraction of sp³-hybridized carbons (Fsp3) is 0.900. The van der Waals surface area contributed by atoms with Crippen molar-refractivity contribution in [2.45, 2.75) is 19.4 Å². The summed E-state index contributed by atoms with van der Waals surface area (Å²) in [5, 5.41) is 6.59. The molecule has 0 aromatic carbocycles. The molecule has 2 saturated heterocycles. The first-order valence-corrected chi connectivity index (χ1v) is 5.52. The van der Waals surface area contributed by atoms with E-state index in [-0.39, 0.29) is 5.92 Å². The van der Waals surface area contributed by atoms with Gasteiger partial charge in [0.05, 0.1) is 5.92 Å². The summed E-state index contributed by atoms with van der Waals surface area (Å²) >= 11 is 0. The average molecular weight is 197 g/mol. The monoisotopic (exact) mass is 197 g/mol. The molecule has 4 nitrogen and oxygen atoms in total. The fourth-order valence-electron chi connectivity index (χ4n) is 2.32. The zero-order chi connectivity index (χ0) is 9.97. The van der Waals surface area contributed by atoms with Crippen molar-refractivity contribution in [2.24, 2.45) is 5.92 Å². The summed E-state index contributed by atoms with van der Waals surface area (Å²) in [6.45, 7) is 6.74. The summed E-state index contributed by atoms with van der Waals surface area (Å²) < 4.78 is 0. The molecule has 1 amide bonds. The van der Waals surface area contributed by atoms with Gasteiger partial charge in [-0.25, -0.2) is 0 Å². The highest BCUT2D eigenvalue weighted by Crippen LogP contribution is 2.18. The normalized spacial score (nSPS) is 33.4. The molecule has 0 aromatic rings. The van der Waals surface area contributed by atoms with Crippen molar-refractivity contribution in [2.75, 3.05) is 32.7 Å². The molecule has 2 N–H and O–H groups in total. The van der Waals surface area contributed by atoms with E-state index in [2.05, 4.69) is 17.6 Å². The van der Waals surface area contributed by atoms with Gasteiger partial charge in [-0.3, -0.25) is 4.79 Å². The molecule has 2 fully saturated rings. The van der Waals surface area contributed by atoms with Crippen molar-refractivity contribution in [3.8, 4) is 0 Å². The highest BCUT2D eigenvalue weighted by molar-refractivity contribution is 5.80. The minimum absolute atomic E-state index is 0.216. The van der Waals surface area contributed by atoms with Gasteiger partial charge in [0.25, 0.3) is 0 Å². The number of carbonyl (C=O) groups excluding carboxylic acids is 1. The maximum Gasteiger partial charge on any atom is 0.227 e. The first kappa shape index (κ1) is 9.93. The van der Waals surface area contributed by atoms with Crippen LogP contribution in [0.25, 0.3) is 0 Å². The Hall–Kier alpha value is -0.610. The predicted molar refractivity (Wildman–Crippen MR) is 55.0 cm³/mol. The lowest BCUT2D eigenvalue weighted by molar-refractivity contribution is -0.136. The predicted octanol–water partition coefficient (Wildman–Crippen LogP) is -0.584. The third-order valence-corrected chi connectivity index (χ3v) is 3.27. The van der Waals surface area contributed by atoms with Crippen molar-refractivity contribution < 1.29 is 4.79 Å². The Morgan fingerprint density at radius 1 is 1.29 bits per heavy atom. The van der Waals surface area contributed by atoms with Crippen molar-refractivity contribution in [3.05, 3.63) is 0 Å². The van der Waals surface area contributed by atoms with Gasteiger partial charge in [-0.05, 0) is 19.9 Å². The van der Waals surface area contributed by atoms with Crippen LogP contribution in [0.15, 0.2) is 0 Å². The van der Waals surface area contributed by atoms with E-state index in [0.717, 1.165) is 39.1 Å². The summed E-state index contributed by atoms with van der Waals surface area (Å²) in [5.74, 6) is 0.567. The van der Waals surface area contributed by atoms with Crippen LogP contribution in [-0.4, -0.2) is 49.6 Å². The van der Waals surface area contributed by atoms with E-state index in [1.54, 1.807) is 0 Å². The van der Waals surface area contributed by atoms with Crippen LogP contribution in [0.5, 0.6) is 0 Å². The van der Waals surface area contributed by atoms with Crippen molar-refractivity contribution in [3.63, 3.8) is 0 Å². The van der Waals surface area contributed by atoms with E-state index in [0.29, 0.717) is 11.9 Å². The zero-order valence-corrected chi connectivity index (χ0v) is 8.75. The van der Waals surface area contributed by atoms with E-state index in [4.69, 9.17) is 0 Å². The van der Waals surface area contributed by atoms with Crippen molar-refractivity contribution >= 4 is 5.91 Å². The molecule has 2 atom stereocenters. The minimum Gasteiger partial charge on any atom is -0.340 e. The van der Waals surface area contributed by atoms with Crippen molar-refractivity contribution in [1.82, 2.24) is 15.5 Å². The van der Waals surface area contributed by atoms with E-state index in [1.807, 2.05) is 4.90 Å². The Kier molecular flexibility index (Phi) is 3.03. The average Bonchev–Trinajstić information content (AvgIpc) is 2.65. The molecule has 4 heteroatoms. The highest BCUT2D eigenvalue weighted by atomic mass is 16.2. The maximum atomic E-state index is 12.1. The third-order valence-electron chi connectivity index (χ3n) is 3.27. The smallest absolute Gasteiger partial charge is 0.227 e. The number of rotatable bonds is 1. The second kappa shape index (κ2) is 4.28. The fourth-order valence-corrected chi connectivity index (χ4v) is 2.32. The van der Waals surface area contributed by atoms with Crippen LogP contribution in [-0.2, 0) is 4.79 Å². The van der Waals surface area contributed by atoms with E-state index >= 15 is 0 Å². The molecule has 0 spiro atoms. The van der Waals surface area contributed by atoms with Crippen molar-refractivity contribution in [1.29, 1.82) is 0 Å². The lowest BCUT2D eigenvalue weighted by Crippen LogP contribution is -2.49. The molecular weight excluding hydrogens is 178 g/mol. The summed E-state index contributed by atoms with van der Waals surface area (Å²) in [4.78, 5) is 14.1. The van der Waals surface area contributed by atoms with Crippen LogP contribution < -0.4 is 10.6 Å². The van der Waals surface area contributed by atoms with Gasteiger partial charge in [0.1, 0.15) is 0 Å². The van der Waals surface area contributed by atoms with Gasteiger partial charge in [-0.15, -0.1) is 0 Å². The molecule has 14 heavy (non-hydrogen) atoms. The molecule has 0 aliphatic carbocycles. The highest BCUT2D eigenvalue weighted by Gasteiger charge is 2.32. The van der Waals surface area contributed by atoms with Gasteiger partial charge in [-0.2, -0.15) is 0 Å². The first-order valence-electron chi connectivity index (χ1n) is 5.52. The number of hydrogen-bond donors (Lipinski definition) is 2. The second-order valence-electron chi connectivity index (χ2n) is 4.21. The lowest BCUT2D eigenvalue weighted by Gasteiger charge is -2.30. The number of piperazine rings is 1. The Morgan fingerprint density at radius 3 is 2.57 bits per heavy atom. The van der Waals surface area contributed by atoms with Gasteiger partial charge in [0.15, 0.2) is 0 Å². The third kappa shape index (κ3) is 1.91. The Morgan fingerprint density at radius 2 is 2.00 bits per heavy atom. The van der Waals surface area contributed by atoms with Gasteiger partial charge < -0.3 is 15.5 Å². The molecule has 0 radical (unpaired) electrons. The van der Waals surface area contributed by atoms with E-state index < -0.39 is 0 Å². The van der Waals surface area contributed by atoms with Gasteiger partial charge >= 0.3 is 0 Å². The molecule has 2 unspecified atom stereocenters. The number of carbonyl (C=O) groups is 1. The summed E-state index contributed by atoms with van der Waals surface area (Å²) in [5.41, 5.74) is 0. The molecule has 2 aliphatic rings.